The Balaban J connectivity index is 1.77. The topological polar surface area (TPSA) is 12.0 Å². The molecule has 0 saturated heterocycles. The third-order valence-electron chi connectivity index (χ3n) is 4.50. The Bertz CT molecular complexity index is 659. The van der Waals surface area contributed by atoms with E-state index in [1.54, 1.807) is 12.1 Å². The van der Waals surface area contributed by atoms with Gasteiger partial charge in [-0.2, -0.15) is 0 Å². The lowest BCUT2D eigenvalue weighted by Gasteiger charge is -2.37. The zero-order valence-electron chi connectivity index (χ0n) is 11.1. The molecule has 100 valence electrons. The van der Waals surface area contributed by atoms with Gasteiger partial charge in [0, 0.05) is 11.6 Å². The first-order valence-corrected chi connectivity index (χ1v) is 7.10. The second-order valence-corrected chi connectivity index (χ2v) is 5.61. The van der Waals surface area contributed by atoms with E-state index < -0.39 is 0 Å². The van der Waals surface area contributed by atoms with Crippen LogP contribution in [0.25, 0.3) is 0 Å². The zero-order chi connectivity index (χ0) is 13.5. The molecule has 20 heavy (non-hydrogen) atoms. The van der Waals surface area contributed by atoms with Crippen LogP contribution in [-0.4, -0.2) is 0 Å². The number of hydrogen-bond donors (Lipinski definition) is 1. The van der Waals surface area contributed by atoms with Gasteiger partial charge in [-0.3, -0.25) is 0 Å². The summed E-state index contributed by atoms with van der Waals surface area (Å²) in [7, 11) is 0. The molecule has 0 aromatic heterocycles. The van der Waals surface area contributed by atoms with Crippen molar-refractivity contribution in [3.05, 3.63) is 77.6 Å². The Labute approximate surface area is 118 Å². The van der Waals surface area contributed by atoms with Crippen molar-refractivity contribution in [3.63, 3.8) is 0 Å². The molecule has 0 radical (unpaired) electrons. The number of allylic oxidation sites excluding steroid dienone is 2. The summed E-state index contributed by atoms with van der Waals surface area (Å²) in [5.74, 6) is 0.823. The smallest absolute Gasteiger partial charge is 0.123 e. The molecule has 1 aliphatic heterocycles. The van der Waals surface area contributed by atoms with Crippen molar-refractivity contribution >= 4 is 5.69 Å². The van der Waals surface area contributed by atoms with Crippen LogP contribution in [0, 0.1) is 11.7 Å². The van der Waals surface area contributed by atoms with Crippen LogP contribution in [0.4, 0.5) is 10.1 Å². The highest BCUT2D eigenvalue weighted by atomic mass is 19.1. The van der Waals surface area contributed by atoms with Crippen molar-refractivity contribution in [2.45, 2.75) is 18.4 Å². The second-order valence-electron chi connectivity index (χ2n) is 5.61. The molecule has 2 aromatic carbocycles. The molecule has 1 heterocycles. The van der Waals surface area contributed by atoms with E-state index in [0.717, 1.165) is 6.42 Å². The number of rotatable bonds is 1. The quantitative estimate of drug-likeness (QED) is 0.740. The van der Waals surface area contributed by atoms with Crippen molar-refractivity contribution in [1.82, 2.24) is 0 Å². The van der Waals surface area contributed by atoms with Crippen LogP contribution in [0.2, 0.25) is 0 Å². The Morgan fingerprint density at radius 1 is 1.00 bits per heavy atom. The lowest BCUT2D eigenvalue weighted by molar-refractivity contribution is 0.425. The number of fused-ring (bicyclic) bond motifs is 3. The van der Waals surface area contributed by atoms with Crippen molar-refractivity contribution in [1.29, 1.82) is 0 Å². The third-order valence-corrected chi connectivity index (χ3v) is 4.50. The van der Waals surface area contributed by atoms with Crippen LogP contribution in [-0.2, 0) is 0 Å². The standard InChI is InChI=1S/C18H16FN/c19-13-10-8-12(9-11-13)18-16-6-3-5-14(16)15-4-1-2-7-17(15)20-18/h1-5,7-11,14,16,18,20H,6H2/t14-,16-,18+/m1/s1. The molecule has 4 rings (SSSR count). The summed E-state index contributed by atoms with van der Waals surface area (Å²) >= 11 is 0. The van der Waals surface area contributed by atoms with Crippen LogP contribution < -0.4 is 5.32 Å². The van der Waals surface area contributed by atoms with Crippen molar-refractivity contribution in [2.24, 2.45) is 5.92 Å². The minimum Gasteiger partial charge on any atom is -0.378 e. The van der Waals surface area contributed by atoms with Gasteiger partial charge in [0.25, 0.3) is 0 Å². The molecule has 0 fully saturated rings. The van der Waals surface area contributed by atoms with Crippen LogP contribution in [0.15, 0.2) is 60.7 Å². The number of nitrogens with one attached hydrogen (secondary N) is 1. The van der Waals surface area contributed by atoms with Crippen LogP contribution >= 0.6 is 0 Å². The summed E-state index contributed by atoms with van der Waals surface area (Å²) in [6.07, 6.45) is 5.67. The molecular weight excluding hydrogens is 249 g/mol. The van der Waals surface area contributed by atoms with E-state index in [9.17, 15) is 4.39 Å². The van der Waals surface area contributed by atoms with E-state index in [-0.39, 0.29) is 11.9 Å². The molecular formula is C18H16FN. The van der Waals surface area contributed by atoms with Gasteiger partial charge < -0.3 is 5.32 Å². The first kappa shape index (κ1) is 11.7. The summed E-state index contributed by atoms with van der Waals surface area (Å²) in [6.45, 7) is 0. The van der Waals surface area contributed by atoms with Gasteiger partial charge >= 0.3 is 0 Å². The highest BCUT2D eigenvalue weighted by molar-refractivity contribution is 5.59. The Kier molecular flexibility index (Phi) is 2.62. The zero-order valence-corrected chi connectivity index (χ0v) is 11.1. The third kappa shape index (κ3) is 1.75. The maximum Gasteiger partial charge on any atom is 0.123 e. The van der Waals surface area contributed by atoms with E-state index >= 15 is 0 Å². The molecule has 2 aliphatic rings. The number of hydrogen-bond acceptors (Lipinski definition) is 1. The molecule has 0 spiro atoms. The molecule has 2 heteroatoms. The number of anilines is 1. The second kappa shape index (κ2) is 4.48. The maximum absolute atomic E-state index is 13.1. The highest BCUT2D eigenvalue weighted by Crippen LogP contribution is 2.49. The first-order valence-electron chi connectivity index (χ1n) is 7.10. The number of para-hydroxylation sites is 1. The van der Waals surface area contributed by atoms with Crippen LogP contribution in [0.1, 0.15) is 29.5 Å². The van der Waals surface area contributed by atoms with Gasteiger partial charge in [-0.05, 0) is 41.7 Å². The largest absolute Gasteiger partial charge is 0.378 e. The fourth-order valence-electron chi connectivity index (χ4n) is 3.54. The lowest BCUT2D eigenvalue weighted by Crippen LogP contribution is -2.28. The summed E-state index contributed by atoms with van der Waals surface area (Å²) in [5, 5.41) is 3.64. The summed E-state index contributed by atoms with van der Waals surface area (Å²) in [4.78, 5) is 0. The SMILES string of the molecule is Fc1ccc([C@@H]2Nc3ccccc3[C@H]3C=CC[C@H]32)cc1. The fourth-order valence-corrected chi connectivity index (χ4v) is 3.54. The van der Waals surface area contributed by atoms with Crippen molar-refractivity contribution in [2.75, 3.05) is 5.32 Å². The highest BCUT2D eigenvalue weighted by Gasteiger charge is 2.37. The molecule has 1 nitrogen and oxygen atoms in total. The molecule has 0 bridgehead atoms. The van der Waals surface area contributed by atoms with E-state index in [0.29, 0.717) is 11.8 Å². The van der Waals surface area contributed by atoms with E-state index in [2.05, 4.69) is 41.7 Å². The molecule has 1 aliphatic carbocycles. The van der Waals surface area contributed by atoms with Gasteiger partial charge in [-0.15, -0.1) is 0 Å². The molecule has 0 saturated carbocycles. The van der Waals surface area contributed by atoms with Gasteiger partial charge in [-0.25, -0.2) is 4.39 Å². The normalized spacial score (nSPS) is 26.8. The van der Waals surface area contributed by atoms with E-state index in [1.807, 2.05) is 12.1 Å². The van der Waals surface area contributed by atoms with Crippen molar-refractivity contribution in [3.8, 4) is 0 Å². The van der Waals surface area contributed by atoms with Gasteiger partial charge in [0.05, 0.1) is 6.04 Å². The molecule has 1 N–H and O–H groups in total. The average Bonchev–Trinajstić information content (AvgIpc) is 2.97. The molecule has 2 aromatic rings. The minimum atomic E-state index is -0.175. The molecule has 0 amide bonds. The molecule has 3 atom stereocenters. The number of halogens is 1. The van der Waals surface area contributed by atoms with E-state index in [4.69, 9.17) is 0 Å². The maximum atomic E-state index is 13.1. The Morgan fingerprint density at radius 3 is 2.65 bits per heavy atom. The lowest BCUT2D eigenvalue weighted by atomic mass is 9.77. The van der Waals surface area contributed by atoms with Crippen LogP contribution in [0.3, 0.4) is 0 Å². The summed E-state index contributed by atoms with van der Waals surface area (Å²) in [6, 6.07) is 15.7. The van der Waals surface area contributed by atoms with Gasteiger partial charge in [0.1, 0.15) is 5.82 Å². The monoisotopic (exact) mass is 265 g/mol. The van der Waals surface area contributed by atoms with Gasteiger partial charge in [0.2, 0.25) is 0 Å². The average molecular weight is 265 g/mol. The van der Waals surface area contributed by atoms with Crippen molar-refractivity contribution < 1.29 is 4.39 Å². The minimum absolute atomic E-state index is 0.175. The predicted octanol–water partition coefficient (Wildman–Crippen LogP) is 4.65. The summed E-state index contributed by atoms with van der Waals surface area (Å²) < 4.78 is 13.1. The van der Waals surface area contributed by atoms with Gasteiger partial charge in [-0.1, -0.05) is 42.5 Å². The predicted molar refractivity (Wildman–Crippen MR) is 79.2 cm³/mol. The first-order chi connectivity index (χ1) is 9.83. The van der Waals surface area contributed by atoms with Crippen LogP contribution in [0.5, 0.6) is 0 Å². The molecule has 0 unspecified atom stereocenters. The Hall–Kier alpha value is -2.09. The number of benzene rings is 2. The Morgan fingerprint density at radius 2 is 1.80 bits per heavy atom. The summed E-state index contributed by atoms with van der Waals surface area (Å²) in [5.41, 5.74) is 3.75. The van der Waals surface area contributed by atoms with Gasteiger partial charge in [0.15, 0.2) is 0 Å². The van der Waals surface area contributed by atoms with E-state index in [1.165, 1.54) is 16.8 Å². The fraction of sp³-hybridized carbons (Fsp3) is 0.222.